The second-order valence-electron chi connectivity index (χ2n) is 27.0. The molecule has 6 aliphatic rings. The number of likely N-dealkylation sites (tertiary alicyclic amines) is 2. The molecular formula is C74H82BCl3F6N17O9P. The Morgan fingerprint density at radius 2 is 0.901 bits per heavy atom. The first-order valence-electron chi connectivity index (χ1n) is 35.6. The highest BCUT2D eigenvalue weighted by Crippen LogP contribution is 2.40. The van der Waals surface area contributed by atoms with E-state index in [1.165, 1.54) is 6.20 Å². The van der Waals surface area contributed by atoms with Gasteiger partial charge in [-0.2, -0.15) is 19.9 Å². The number of carbonyl (C=O) groups is 1. The fraction of sp³-hybridized carbons (Fsp3) is 0.405. The predicted molar refractivity (Wildman–Crippen MR) is 422 cm³/mol. The number of furan rings is 3. The molecule has 0 bridgehead atoms. The van der Waals surface area contributed by atoms with Crippen molar-refractivity contribution in [3.8, 4) is 11.4 Å². The second kappa shape index (κ2) is 35.6. The standard InChI is InChI=1S/C27H26F2N6O2.C19H20ClF2N5O2.C14H11ClN4O3.C8H8BNO2.C5H9F2N.CH4.ClH.H3P/c28-27(29)5-8-34(9-6-27)16-17-14-20-22-23(37-26(20)31-15-17)25(35-10-12-36-13-11-35)33-24(32-22)19-2-1-3-21-18(19)4-7-30-21;20-18-24-14-13-9-12(11-26-3-1-19(21,22)2-4-26)10-23-17(13)29-15(14)16(25-18)27-5-7-28-8-6-27;15-14-17-10-9-5-8(7-20)6-16-13(9)22-11(10)12(18-14)19-1-3-21-4-2-19;11-9(12)7-2-1-3-8-6(7)4-5-10-8;6-5(7)1-3-8-4-2-5;;;/h1-4,7,14-15,30H,5-6,8-13,16H2;9-10H,1-8,11H2;5-7H,1-4H2;1-5,10-12H;8H,1-4H2;1H4;1H;1H3. The number of piperidine rings is 3. The minimum atomic E-state index is -2.56. The Kier molecular flexibility index (Phi) is 26.2. The normalized spacial score (nSPS) is 17.9. The monoisotopic (exact) mass is 1610 g/mol. The first-order valence-corrected chi connectivity index (χ1v) is 36.3. The largest absolute Gasteiger partial charge is 0.489 e. The number of nitrogens with one attached hydrogen (secondary N) is 3. The van der Waals surface area contributed by atoms with Crippen LogP contribution in [0.3, 0.4) is 0 Å². The zero-order valence-electron chi connectivity index (χ0n) is 59.4. The number of H-pyrrole nitrogens is 2. The second-order valence-corrected chi connectivity index (χ2v) is 27.7. The number of benzene rings is 2. The van der Waals surface area contributed by atoms with Crippen LogP contribution in [-0.2, 0) is 27.3 Å². The third kappa shape index (κ3) is 18.8. The number of pyridine rings is 3. The molecule has 1 unspecified atom stereocenters. The van der Waals surface area contributed by atoms with Gasteiger partial charge in [-0.3, -0.25) is 14.6 Å². The summed E-state index contributed by atoms with van der Waals surface area (Å²) in [5.41, 5.74) is 10.6. The number of aromatic amines is 2. The third-order valence-electron chi connectivity index (χ3n) is 19.7. The average molecular weight is 1620 g/mol. The van der Waals surface area contributed by atoms with E-state index in [0.29, 0.717) is 216 Å². The van der Waals surface area contributed by atoms with Gasteiger partial charge in [-0.05, 0) is 87.6 Å². The number of morpholine rings is 3. The number of nitrogens with zero attached hydrogens (tertiary/aromatic N) is 14. The molecule has 0 amide bonds. The summed E-state index contributed by atoms with van der Waals surface area (Å²) in [7, 11) is -1.40. The van der Waals surface area contributed by atoms with Gasteiger partial charge in [-0.25, -0.2) is 61.2 Å². The molecule has 26 nitrogen and oxygen atoms in total. The molecule has 2 aromatic carbocycles. The Morgan fingerprint density at radius 1 is 0.495 bits per heavy atom. The lowest BCUT2D eigenvalue weighted by Crippen LogP contribution is -2.38. The SMILES string of the molecule is C.Cl.FC1(F)CCN(Cc2cnc3oc4c(N5CCOCC5)nc(-c5cccc6[nH]ccc56)nc4c3c2)CC1.FC1(F)CCN(Cc2cnc3oc4c(N5CCOCC5)nc(Cl)nc4c3c2)CC1.FC1(F)CCNCC1.O=Cc1cnc2oc3c(N4CCOCC4)nc(Cl)nc3c2c1.OB(O)c1cccc2[nH]ccc12.P. The van der Waals surface area contributed by atoms with Crippen molar-refractivity contribution >= 4 is 170 Å². The van der Waals surface area contributed by atoms with Crippen LogP contribution in [0.2, 0.25) is 10.6 Å². The van der Waals surface area contributed by atoms with Crippen molar-refractivity contribution in [3.05, 3.63) is 125 Å². The molecule has 588 valence electrons. The summed E-state index contributed by atoms with van der Waals surface area (Å²) in [6.07, 6.45) is 8.95. The van der Waals surface area contributed by atoms with Gasteiger partial charge in [0.15, 0.2) is 46.3 Å². The zero-order chi connectivity index (χ0) is 74.7. The van der Waals surface area contributed by atoms with Gasteiger partial charge in [0, 0.05) is 189 Å². The van der Waals surface area contributed by atoms with Crippen molar-refractivity contribution in [1.82, 2.24) is 69.9 Å². The zero-order valence-corrected chi connectivity index (χ0v) is 63.2. The van der Waals surface area contributed by atoms with Gasteiger partial charge >= 0.3 is 7.12 Å². The number of anilines is 3. The van der Waals surface area contributed by atoms with E-state index in [-0.39, 0.29) is 78.8 Å². The van der Waals surface area contributed by atoms with E-state index >= 15 is 0 Å². The van der Waals surface area contributed by atoms with Crippen molar-refractivity contribution < 1.29 is 68.6 Å². The summed E-state index contributed by atoms with van der Waals surface area (Å²) in [4.78, 5) is 68.0. The minimum absolute atomic E-state index is 0. The predicted octanol–water partition coefficient (Wildman–Crippen LogP) is 12.5. The first-order chi connectivity index (χ1) is 52.3. The number of ether oxygens (including phenoxy) is 3. The Bertz CT molecular complexity index is 5350. The molecule has 17 heterocycles. The maximum atomic E-state index is 13.6. The molecule has 5 N–H and O–H groups in total. The van der Waals surface area contributed by atoms with Gasteiger partial charge in [0.1, 0.15) is 16.6 Å². The highest BCUT2D eigenvalue weighted by Gasteiger charge is 2.36. The molecule has 0 radical (unpaired) electrons. The summed E-state index contributed by atoms with van der Waals surface area (Å²) >= 11 is 12.3. The molecule has 6 fully saturated rings. The Morgan fingerprint density at radius 3 is 1.34 bits per heavy atom. The van der Waals surface area contributed by atoms with Crippen LogP contribution >= 0.6 is 45.5 Å². The van der Waals surface area contributed by atoms with E-state index < -0.39 is 24.9 Å². The van der Waals surface area contributed by atoms with Gasteiger partial charge in [0.2, 0.25) is 27.7 Å². The summed E-state index contributed by atoms with van der Waals surface area (Å²) in [6.45, 7) is 11.4. The van der Waals surface area contributed by atoms with E-state index in [1.54, 1.807) is 36.8 Å². The number of aromatic nitrogens is 11. The molecule has 13 aromatic rings. The quantitative estimate of drug-likeness (QED) is 0.0279. The van der Waals surface area contributed by atoms with Crippen LogP contribution in [0.5, 0.6) is 0 Å². The van der Waals surface area contributed by atoms with E-state index in [4.69, 9.17) is 70.7 Å². The minimum Gasteiger partial charge on any atom is -0.432 e. The van der Waals surface area contributed by atoms with Crippen LogP contribution in [0.15, 0.2) is 111 Å². The molecule has 11 aromatic heterocycles. The van der Waals surface area contributed by atoms with E-state index in [1.807, 2.05) is 64.5 Å². The van der Waals surface area contributed by atoms with Gasteiger partial charge < -0.3 is 67.5 Å². The van der Waals surface area contributed by atoms with Crippen molar-refractivity contribution in [2.45, 2.75) is 76.8 Å². The Hall–Kier alpha value is -8.70. The number of alkyl halides is 6. The molecule has 37 heteroatoms. The molecule has 0 spiro atoms. The van der Waals surface area contributed by atoms with Crippen molar-refractivity contribution in [2.24, 2.45) is 0 Å². The lowest BCUT2D eigenvalue weighted by Gasteiger charge is -2.31. The van der Waals surface area contributed by atoms with Crippen molar-refractivity contribution in [3.63, 3.8) is 0 Å². The molecule has 6 saturated heterocycles. The van der Waals surface area contributed by atoms with Crippen LogP contribution in [0.25, 0.3) is 99.8 Å². The fourth-order valence-electron chi connectivity index (χ4n) is 13.9. The summed E-state index contributed by atoms with van der Waals surface area (Å²) in [5, 5.41) is 25.2. The molecule has 111 heavy (non-hydrogen) atoms. The van der Waals surface area contributed by atoms with Crippen LogP contribution < -0.4 is 25.5 Å². The lowest BCUT2D eigenvalue weighted by atomic mass is 9.78. The maximum absolute atomic E-state index is 13.6. The molecular weight excluding hydrogens is 1530 g/mol. The number of fused-ring (bicyclic) bond motifs is 11. The number of aldehydes is 1. The number of hydrogen-bond acceptors (Lipinski definition) is 24. The highest BCUT2D eigenvalue weighted by molar-refractivity contribution is 6.92. The van der Waals surface area contributed by atoms with Gasteiger partial charge in [0.25, 0.3) is 17.8 Å². The van der Waals surface area contributed by atoms with Crippen molar-refractivity contribution in [1.29, 1.82) is 0 Å². The first kappa shape index (κ1) is 81.8. The van der Waals surface area contributed by atoms with E-state index in [0.717, 1.165) is 61.4 Å². The number of rotatable bonds is 10. The molecule has 19 rings (SSSR count). The number of carbonyl (C=O) groups excluding carboxylic acids is 1. The average Bonchev–Trinajstić information content (AvgIpc) is 1.60. The summed E-state index contributed by atoms with van der Waals surface area (Å²) in [5.74, 6) is -4.89. The van der Waals surface area contributed by atoms with Crippen LogP contribution in [0.4, 0.5) is 43.8 Å². The van der Waals surface area contributed by atoms with Crippen LogP contribution in [0.1, 0.15) is 67.4 Å². The number of halogens is 9. The molecule has 6 aliphatic heterocycles. The molecule has 0 saturated carbocycles. The maximum Gasteiger partial charge on any atom is 0.489 e. The lowest BCUT2D eigenvalue weighted by molar-refractivity contribution is -0.0571. The fourth-order valence-corrected chi connectivity index (χ4v) is 14.3. The molecule has 1 atom stereocenters. The Balaban J connectivity index is 0.000000138. The smallest absolute Gasteiger partial charge is 0.432 e. The van der Waals surface area contributed by atoms with Gasteiger partial charge in [-0.15, -0.1) is 12.4 Å². The van der Waals surface area contributed by atoms with Crippen LogP contribution in [0, 0.1) is 0 Å². The van der Waals surface area contributed by atoms with Crippen LogP contribution in [-0.4, -0.2) is 224 Å². The molecule has 0 aliphatic carbocycles. The topological polar surface area (TPSA) is 300 Å². The van der Waals surface area contributed by atoms with Gasteiger partial charge in [-0.1, -0.05) is 31.7 Å². The van der Waals surface area contributed by atoms with E-state index in [2.05, 4.69) is 64.9 Å². The summed E-state index contributed by atoms with van der Waals surface area (Å²) in [6, 6.07) is 20.9. The van der Waals surface area contributed by atoms with E-state index in [9.17, 15) is 31.1 Å². The Labute approximate surface area is 651 Å². The number of hydrogen-bond donors (Lipinski definition) is 5. The third-order valence-corrected chi connectivity index (χ3v) is 20.0. The summed E-state index contributed by atoms with van der Waals surface area (Å²) < 4.78 is 113. The highest BCUT2D eigenvalue weighted by atomic mass is 35.5. The van der Waals surface area contributed by atoms with Gasteiger partial charge in [0.05, 0.1) is 55.8 Å². The van der Waals surface area contributed by atoms with Crippen molar-refractivity contribution in [2.75, 3.05) is 133 Å².